The minimum Gasteiger partial charge on any atom is -0.289 e. The summed E-state index contributed by atoms with van der Waals surface area (Å²) in [6, 6.07) is 21.1. The van der Waals surface area contributed by atoms with Crippen molar-refractivity contribution in [1.82, 2.24) is 4.98 Å². The number of nitrogens with zero attached hydrogens (tertiary/aromatic N) is 1. The van der Waals surface area contributed by atoms with Crippen molar-refractivity contribution in [3.8, 4) is 11.1 Å². The van der Waals surface area contributed by atoms with Gasteiger partial charge in [-0.1, -0.05) is 48.5 Å². The van der Waals surface area contributed by atoms with Gasteiger partial charge in [-0.15, -0.1) is 0 Å². The monoisotopic (exact) mass is 375 g/mol. The Morgan fingerprint density at radius 1 is 0.926 bits per heavy atom. The topological polar surface area (TPSA) is 56.3 Å². The van der Waals surface area contributed by atoms with Gasteiger partial charge in [-0.25, -0.2) is 4.21 Å². The lowest BCUT2D eigenvalue weighted by Gasteiger charge is -2.02. The van der Waals surface area contributed by atoms with E-state index in [4.69, 9.17) is 4.18 Å². The zero-order chi connectivity index (χ0) is 18.8. The molecule has 0 saturated carbocycles. The van der Waals surface area contributed by atoms with Crippen molar-refractivity contribution in [2.75, 3.05) is 6.26 Å². The van der Waals surface area contributed by atoms with E-state index in [-0.39, 0.29) is 12.0 Å². The van der Waals surface area contributed by atoms with E-state index in [0.717, 1.165) is 22.1 Å². The second-order valence-corrected chi connectivity index (χ2v) is 7.31. The van der Waals surface area contributed by atoms with E-state index in [1.54, 1.807) is 12.3 Å². The van der Waals surface area contributed by atoms with Crippen LogP contribution in [0.3, 0.4) is 0 Å². The number of pyridine rings is 1. The van der Waals surface area contributed by atoms with E-state index in [9.17, 15) is 9.00 Å². The van der Waals surface area contributed by atoms with Crippen LogP contribution in [0.15, 0.2) is 77.7 Å². The van der Waals surface area contributed by atoms with Gasteiger partial charge in [0, 0.05) is 28.8 Å². The highest BCUT2D eigenvalue weighted by molar-refractivity contribution is 7.79. The number of hydrogen-bond donors (Lipinski definition) is 0. The smallest absolute Gasteiger partial charge is 0.195 e. The van der Waals surface area contributed by atoms with Crippen molar-refractivity contribution in [3.05, 3.63) is 88.7 Å². The second-order valence-electron chi connectivity index (χ2n) is 6.27. The molecule has 0 aliphatic rings. The summed E-state index contributed by atoms with van der Waals surface area (Å²) in [6.45, 7) is 0.197. The summed E-state index contributed by atoms with van der Waals surface area (Å²) in [5, 5.41) is 2.00. The molecule has 0 bridgehead atoms. The SMILES string of the molecule is CS(=O)OCc1ccc2ccc3ncc(-c4ccccc4)cc3c(=O)c2c1. The van der Waals surface area contributed by atoms with Crippen molar-refractivity contribution in [3.63, 3.8) is 0 Å². The molecule has 0 aliphatic heterocycles. The normalized spacial score (nSPS) is 12.3. The molecule has 0 saturated heterocycles. The van der Waals surface area contributed by atoms with Crippen molar-refractivity contribution in [1.29, 1.82) is 0 Å². The van der Waals surface area contributed by atoms with Gasteiger partial charge in [-0.3, -0.25) is 14.0 Å². The molecule has 134 valence electrons. The zero-order valence-electron chi connectivity index (χ0n) is 14.7. The van der Waals surface area contributed by atoms with Gasteiger partial charge in [0.15, 0.2) is 16.5 Å². The molecule has 1 unspecified atom stereocenters. The summed E-state index contributed by atoms with van der Waals surface area (Å²) < 4.78 is 16.3. The number of benzene rings is 2. The maximum Gasteiger partial charge on any atom is 0.195 e. The number of fused-ring (bicyclic) bond motifs is 2. The molecular formula is C22H17NO3S. The van der Waals surface area contributed by atoms with E-state index >= 15 is 0 Å². The van der Waals surface area contributed by atoms with Crippen LogP contribution in [0.2, 0.25) is 0 Å². The Bertz CT molecular complexity index is 1220. The highest BCUT2D eigenvalue weighted by atomic mass is 32.2. The molecule has 0 radical (unpaired) electrons. The highest BCUT2D eigenvalue weighted by Gasteiger charge is 2.07. The molecule has 0 spiro atoms. The lowest BCUT2D eigenvalue weighted by Crippen LogP contribution is -2.01. The number of rotatable bonds is 4. The molecular weight excluding hydrogens is 358 g/mol. The van der Waals surface area contributed by atoms with E-state index in [2.05, 4.69) is 4.98 Å². The Hall–Kier alpha value is -2.89. The Morgan fingerprint density at radius 2 is 1.70 bits per heavy atom. The van der Waals surface area contributed by atoms with Gasteiger partial charge in [0.2, 0.25) is 0 Å². The van der Waals surface area contributed by atoms with Crippen LogP contribution in [0, 0.1) is 0 Å². The molecule has 0 amide bonds. The lowest BCUT2D eigenvalue weighted by molar-refractivity contribution is 0.340. The maximum atomic E-state index is 13.2. The Labute approximate surface area is 159 Å². The Morgan fingerprint density at radius 3 is 2.48 bits per heavy atom. The van der Waals surface area contributed by atoms with Crippen LogP contribution >= 0.6 is 0 Å². The maximum absolute atomic E-state index is 13.2. The Kier molecular flexibility index (Phi) is 4.79. The van der Waals surface area contributed by atoms with Gasteiger partial charge >= 0.3 is 0 Å². The summed E-state index contributed by atoms with van der Waals surface area (Å²) in [6.07, 6.45) is 3.27. The van der Waals surface area contributed by atoms with Gasteiger partial charge in [-0.05, 0) is 34.7 Å². The molecule has 0 aliphatic carbocycles. The quantitative estimate of drug-likeness (QED) is 0.536. The molecule has 4 aromatic rings. The Balaban J connectivity index is 1.92. The first kappa shape index (κ1) is 17.5. The summed E-state index contributed by atoms with van der Waals surface area (Å²) in [7, 11) is 0. The van der Waals surface area contributed by atoms with Crippen molar-refractivity contribution >= 4 is 32.8 Å². The van der Waals surface area contributed by atoms with Crippen molar-refractivity contribution in [2.24, 2.45) is 0 Å². The number of aromatic nitrogens is 1. The third-order valence-electron chi connectivity index (χ3n) is 4.44. The van der Waals surface area contributed by atoms with Gasteiger partial charge in [0.05, 0.1) is 12.1 Å². The molecule has 0 N–H and O–H groups in total. The average Bonchev–Trinajstić information content (AvgIpc) is 2.84. The third-order valence-corrected chi connectivity index (χ3v) is 4.89. The van der Waals surface area contributed by atoms with Gasteiger partial charge < -0.3 is 0 Å². The molecule has 1 heterocycles. The van der Waals surface area contributed by atoms with Crippen LogP contribution in [0.5, 0.6) is 0 Å². The third kappa shape index (κ3) is 3.65. The largest absolute Gasteiger partial charge is 0.289 e. The fourth-order valence-corrected chi connectivity index (χ4v) is 3.38. The van der Waals surface area contributed by atoms with Gasteiger partial charge in [0.1, 0.15) is 0 Å². The fraction of sp³-hybridized carbons (Fsp3) is 0.0909. The van der Waals surface area contributed by atoms with Crippen LogP contribution in [-0.2, 0) is 21.9 Å². The molecule has 4 rings (SSSR count). The minimum absolute atomic E-state index is 0.0743. The predicted molar refractivity (Wildman–Crippen MR) is 110 cm³/mol. The standard InChI is InChI=1S/C22H17NO3S/c1-27(25)26-14-15-7-8-17-9-10-21-20(22(24)19(17)11-15)12-18(13-23-21)16-5-3-2-4-6-16/h2-13H,14H2,1H3. The summed E-state index contributed by atoms with van der Waals surface area (Å²) >= 11 is -1.35. The van der Waals surface area contributed by atoms with Crippen molar-refractivity contribution in [2.45, 2.75) is 6.61 Å². The van der Waals surface area contributed by atoms with Gasteiger partial charge in [0.25, 0.3) is 0 Å². The van der Waals surface area contributed by atoms with E-state index in [1.807, 2.05) is 60.7 Å². The highest BCUT2D eigenvalue weighted by Crippen LogP contribution is 2.22. The van der Waals surface area contributed by atoms with E-state index < -0.39 is 11.1 Å². The molecule has 1 aromatic heterocycles. The van der Waals surface area contributed by atoms with Crippen LogP contribution in [-0.4, -0.2) is 15.4 Å². The first-order chi connectivity index (χ1) is 13.1. The first-order valence-corrected chi connectivity index (χ1v) is 9.98. The molecule has 5 heteroatoms. The second kappa shape index (κ2) is 7.39. The van der Waals surface area contributed by atoms with E-state index in [0.29, 0.717) is 16.3 Å². The van der Waals surface area contributed by atoms with E-state index in [1.165, 1.54) is 6.26 Å². The lowest BCUT2D eigenvalue weighted by atomic mass is 10.1. The summed E-state index contributed by atoms with van der Waals surface area (Å²) in [5.41, 5.74) is 3.31. The van der Waals surface area contributed by atoms with Crippen LogP contribution in [0.4, 0.5) is 0 Å². The summed E-state index contributed by atoms with van der Waals surface area (Å²) in [5.74, 6) is 0. The molecule has 4 nitrogen and oxygen atoms in total. The molecule has 1 atom stereocenters. The zero-order valence-corrected chi connectivity index (χ0v) is 15.5. The first-order valence-electron chi connectivity index (χ1n) is 8.50. The van der Waals surface area contributed by atoms with Crippen LogP contribution < -0.4 is 5.43 Å². The average molecular weight is 375 g/mol. The van der Waals surface area contributed by atoms with Crippen LogP contribution in [0.1, 0.15) is 5.56 Å². The molecule has 3 aromatic carbocycles. The van der Waals surface area contributed by atoms with Gasteiger partial charge in [-0.2, -0.15) is 0 Å². The summed E-state index contributed by atoms with van der Waals surface area (Å²) in [4.78, 5) is 17.7. The van der Waals surface area contributed by atoms with Crippen LogP contribution in [0.25, 0.3) is 32.8 Å². The van der Waals surface area contributed by atoms with Crippen molar-refractivity contribution < 1.29 is 8.39 Å². The number of hydrogen-bond acceptors (Lipinski definition) is 4. The predicted octanol–water partition coefficient (Wildman–Crippen LogP) is 4.23. The molecule has 27 heavy (non-hydrogen) atoms. The fourth-order valence-electron chi connectivity index (χ4n) is 3.08. The molecule has 0 fully saturated rings. The minimum atomic E-state index is -1.35.